The highest BCUT2D eigenvalue weighted by atomic mass is 16.2. The average Bonchev–Trinajstić information content (AvgIpc) is 3.22. The van der Waals surface area contributed by atoms with Crippen LogP contribution in [0.1, 0.15) is 44.4 Å². The van der Waals surface area contributed by atoms with Crippen molar-refractivity contribution in [3.63, 3.8) is 0 Å². The molecule has 1 aliphatic carbocycles. The van der Waals surface area contributed by atoms with Gasteiger partial charge in [-0.15, -0.1) is 0 Å². The van der Waals surface area contributed by atoms with Crippen molar-refractivity contribution in [1.29, 1.82) is 0 Å². The quantitative estimate of drug-likeness (QED) is 0.791. The predicted octanol–water partition coefficient (Wildman–Crippen LogP) is 2.23. The lowest BCUT2D eigenvalue weighted by Crippen LogP contribution is -2.56. The van der Waals surface area contributed by atoms with Crippen molar-refractivity contribution in [1.82, 2.24) is 15.3 Å². The number of nitrogens with zero attached hydrogens (tertiary/aromatic N) is 3. The number of benzene rings is 1. The number of primary amides is 1. The van der Waals surface area contributed by atoms with E-state index < -0.39 is 11.4 Å². The minimum atomic E-state index is -1.06. The summed E-state index contributed by atoms with van der Waals surface area (Å²) in [7, 11) is 0. The second kappa shape index (κ2) is 8.05. The SMILES string of the molecule is CC(C)(NC(=O)C1CCCN(c2nc(-c3ccccc3)nc3c2CCC3)C1)C(N)=O. The first-order chi connectivity index (χ1) is 14.3. The van der Waals surface area contributed by atoms with Crippen LogP contribution in [0.15, 0.2) is 30.3 Å². The third-order valence-corrected chi connectivity index (χ3v) is 6.09. The highest BCUT2D eigenvalue weighted by molar-refractivity contribution is 5.90. The molecule has 0 spiro atoms. The van der Waals surface area contributed by atoms with Gasteiger partial charge >= 0.3 is 0 Å². The van der Waals surface area contributed by atoms with Gasteiger partial charge in [0.25, 0.3) is 0 Å². The number of aryl methyl sites for hydroxylation is 1. The van der Waals surface area contributed by atoms with E-state index in [0.717, 1.165) is 61.5 Å². The van der Waals surface area contributed by atoms with Crippen LogP contribution in [0.4, 0.5) is 5.82 Å². The Kier molecular flexibility index (Phi) is 5.45. The molecule has 0 bridgehead atoms. The van der Waals surface area contributed by atoms with Gasteiger partial charge in [0, 0.05) is 29.9 Å². The molecule has 7 heteroatoms. The second-order valence-electron chi connectivity index (χ2n) is 8.78. The van der Waals surface area contributed by atoms with Gasteiger partial charge in [-0.1, -0.05) is 30.3 Å². The molecule has 1 fully saturated rings. The molecule has 0 saturated carbocycles. The molecule has 7 nitrogen and oxygen atoms in total. The van der Waals surface area contributed by atoms with E-state index in [1.165, 1.54) is 5.56 Å². The first-order valence-electron chi connectivity index (χ1n) is 10.7. The van der Waals surface area contributed by atoms with Crippen LogP contribution in [0.5, 0.6) is 0 Å². The zero-order valence-corrected chi connectivity index (χ0v) is 17.6. The molecule has 4 rings (SSSR count). The number of anilines is 1. The first-order valence-corrected chi connectivity index (χ1v) is 10.7. The largest absolute Gasteiger partial charge is 0.368 e. The van der Waals surface area contributed by atoms with Crippen LogP contribution in [0.2, 0.25) is 0 Å². The van der Waals surface area contributed by atoms with Crippen LogP contribution >= 0.6 is 0 Å². The van der Waals surface area contributed by atoms with Crippen molar-refractivity contribution in [3.05, 3.63) is 41.6 Å². The summed E-state index contributed by atoms with van der Waals surface area (Å²) in [5.41, 5.74) is 7.70. The average molecular weight is 408 g/mol. The molecule has 2 heterocycles. The third kappa shape index (κ3) is 4.01. The number of amides is 2. The van der Waals surface area contributed by atoms with E-state index in [1.807, 2.05) is 30.3 Å². The molecule has 1 atom stereocenters. The fraction of sp³-hybridized carbons (Fsp3) is 0.478. The predicted molar refractivity (Wildman–Crippen MR) is 116 cm³/mol. The summed E-state index contributed by atoms with van der Waals surface area (Å²) in [5, 5.41) is 2.81. The Morgan fingerprint density at radius 3 is 2.63 bits per heavy atom. The summed E-state index contributed by atoms with van der Waals surface area (Å²) in [5.74, 6) is 0.836. The smallest absolute Gasteiger partial charge is 0.242 e. The van der Waals surface area contributed by atoms with Gasteiger partial charge in [-0.25, -0.2) is 9.97 Å². The number of hydrogen-bond acceptors (Lipinski definition) is 5. The number of piperidine rings is 1. The van der Waals surface area contributed by atoms with E-state index >= 15 is 0 Å². The maximum Gasteiger partial charge on any atom is 0.242 e. The minimum Gasteiger partial charge on any atom is -0.368 e. The van der Waals surface area contributed by atoms with Gasteiger partial charge in [0.05, 0.1) is 5.92 Å². The molecule has 2 aromatic rings. The van der Waals surface area contributed by atoms with Crippen LogP contribution in [0.25, 0.3) is 11.4 Å². The van der Waals surface area contributed by atoms with Crippen molar-refractivity contribution < 1.29 is 9.59 Å². The summed E-state index contributed by atoms with van der Waals surface area (Å²) in [6.45, 7) is 4.72. The lowest BCUT2D eigenvalue weighted by molar-refractivity contribution is -0.132. The monoisotopic (exact) mass is 407 g/mol. The van der Waals surface area contributed by atoms with Gasteiger partial charge < -0.3 is 16.0 Å². The van der Waals surface area contributed by atoms with Gasteiger partial charge in [0.2, 0.25) is 11.8 Å². The lowest BCUT2D eigenvalue weighted by Gasteiger charge is -2.35. The van der Waals surface area contributed by atoms with E-state index in [9.17, 15) is 9.59 Å². The Morgan fingerprint density at radius 2 is 1.90 bits per heavy atom. The van der Waals surface area contributed by atoms with Gasteiger partial charge in [0.1, 0.15) is 11.4 Å². The highest BCUT2D eigenvalue weighted by Gasteiger charge is 2.34. The fourth-order valence-corrected chi connectivity index (χ4v) is 4.25. The zero-order chi connectivity index (χ0) is 21.3. The van der Waals surface area contributed by atoms with Crippen LogP contribution < -0.4 is 16.0 Å². The first kappa shape index (κ1) is 20.3. The van der Waals surface area contributed by atoms with E-state index in [4.69, 9.17) is 15.7 Å². The maximum atomic E-state index is 12.8. The van der Waals surface area contributed by atoms with Gasteiger partial charge in [0.15, 0.2) is 5.82 Å². The molecule has 1 aromatic carbocycles. The Labute approximate surface area is 177 Å². The van der Waals surface area contributed by atoms with Crippen molar-refractivity contribution in [2.24, 2.45) is 11.7 Å². The molecule has 30 heavy (non-hydrogen) atoms. The molecule has 2 amide bonds. The van der Waals surface area contributed by atoms with Crippen LogP contribution in [0, 0.1) is 5.92 Å². The maximum absolute atomic E-state index is 12.8. The van der Waals surface area contributed by atoms with Crippen molar-refractivity contribution in [2.45, 2.75) is 51.5 Å². The molecule has 1 aliphatic heterocycles. The summed E-state index contributed by atoms with van der Waals surface area (Å²) in [4.78, 5) is 36.4. The van der Waals surface area contributed by atoms with E-state index in [-0.39, 0.29) is 11.8 Å². The summed E-state index contributed by atoms with van der Waals surface area (Å²) in [6.07, 6.45) is 4.71. The molecule has 3 N–H and O–H groups in total. The second-order valence-corrected chi connectivity index (χ2v) is 8.78. The summed E-state index contributed by atoms with van der Waals surface area (Å²) < 4.78 is 0. The lowest BCUT2D eigenvalue weighted by atomic mass is 9.94. The van der Waals surface area contributed by atoms with Crippen LogP contribution in [-0.4, -0.2) is 40.4 Å². The number of rotatable bonds is 5. The van der Waals surface area contributed by atoms with Crippen molar-refractivity contribution in [3.8, 4) is 11.4 Å². The van der Waals surface area contributed by atoms with Gasteiger partial charge in [-0.05, 0) is 46.0 Å². The zero-order valence-electron chi connectivity index (χ0n) is 17.6. The van der Waals surface area contributed by atoms with Gasteiger partial charge in [-0.3, -0.25) is 9.59 Å². The van der Waals surface area contributed by atoms with Crippen molar-refractivity contribution in [2.75, 3.05) is 18.0 Å². The third-order valence-electron chi connectivity index (χ3n) is 6.09. The molecule has 2 aliphatic rings. The number of carbonyl (C=O) groups is 2. The fourth-order valence-electron chi connectivity index (χ4n) is 4.25. The summed E-state index contributed by atoms with van der Waals surface area (Å²) >= 11 is 0. The molecule has 1 aromatic heterocycles. The Hall–Kier alpha value is -2.96. The molecule has 158 valence electrons. The van der Waals surface area contributed by atoms with Crippen LogP contribution in [-0.2, 0) is 22.4 Å². The number of nitrogens with two attached hydrogens (primary N) is 1. The normalized spacial score (nSPS) is 18.7. The number of nitrogens with one attached hydrogen (secondary N) is 1. The van der Waals surface area contributed by atoms with E-state index in [0.29, 0.717) is 6.54 Å². The van der Waals surface area contributed by atoms with E-state index in [1.54, 1.807) is 13.8 Å². The standard InChI is InChI=1S/C23H29N5O2/c1-23(2,22(24)30)27-21(29)16-10-7-13-28(14-16)20-17-11-6-12-18(17)25-19(26-20)15-8-4-3-5-9-15/h3-5,8-9,16H,6-7,10-14H2,1-2H3,(H2,24,30)(H,27,29). The number of hydrogen-bond donors (Lipinski definition) is 2. The molecular weight excluding hydrogens is 378 g/mol. The summed E-state index contributed by atoms with van der Waals surface area (Å²) in [6, 6.07) is 10.0. The van der Waals surface area contributed by atoms with Gasteiger partial charge in [-0.2, -0.15) is 0 Å². The Balaban J connectivity index is 1.60. The Bertz CT molecular complexity index is 958. The number of fused-ring (bicyclic) bond motifs is 1. The molecular formula is C23H29N5O2. The topological polar surface area (TPSA) is 101 Å². The number of carbonyl (C=O) groups excluding carboxylic acids is 2. The Morgan fingerprint density at radius 1 is 1.13 bits per heavy atom. The molecule has 1 saturated heterocycles. The van der Waals surface area contributed by atoms with Crippen molar-refractivity contribution >= 4 is 17.6 Å². The minimum absolute atomic E-state index is 0.127. The van der Waals surface area contributed by atoms with E-state index in [2.05, 4.69) is 10.2 Å². The highest BCUT2D eigenvalue weighted by Crippen LogP contribution is 2.33. The van der Waals surface area contributed by atoms with Crippen LogP contribution in [0.3, 0.4) is 0 Å². The number of aromatic nitrogens is 2. The molecule has 0 radical (unpaired) electrons. The molecule has 1 unspecified atom stereocenters.